The Labute approximate surface area is 87.2 Å². The summed E-state index contributed by atoms with van der Waals surface area (Å²) in [6, 6.07) is 0. The fraction of sp³-hybridized carbons (Fsp3) is 0.909. The van der Waals surface area contributed by atoms with E-state index < -0.39 is 0 Å². The smallest absolute Gasteiger partial charge is 0.188 e. The van der Waals surface area contributed by atoms with Crippen LogP contribution >= 0.6 is 0 Å². The van der Waals surface area contributed by atoms with Crippen molar-refractivity contribution in [1.29, 1.82) is 0 Å². The summed E-state index contributed by atoms with van der Waals surface area (Å²) in [5.41, 5.74) is 5.74. The third kappa shape index (κ3) is 4.49. The number of nitrogens with one attached hydrogen (secondary N) is 1. The first kappa shape index (κ1) is 11.3. The van der Waals surface area contributed by atoms with Gasteiger partial charge in [-0.05, 0) is 24.7 Å². The Kier molecular flexibility index (Phi) is 4.77. The van der Waals surface area contributed by atoms with E-state index in [2.05, 4.69) is 24.2 Å². The van der Waals surface area contributed by atoms with E-state index in [4.69, 9.17) is 5.73 Å². The normalized spacial score (nSPS) is 19.2. The Hall–Kier alpha value is -0.730. The summed E-state index contributed by atoms with van der Waals surface area (Å²) < 4.78 is 0. The molecular weight excluding hydrogens is 174 g/mol. The lowest BCUT2D eigenvalue weighted by Gasteiger charge is -2.11. The van der Waals surface area contributed by atoms with Gasteiger partial charge in [0.05, 0.1) is 0 Å². The zero-order valence-electron chi connectivity index (χ0n) is 9.42. The summed E-state index contributed by atoms with van der Waals surface area (Å²) in [7, 11) is 0. The number of rotatable bonds is 4. The standard InChI is InChI=1S/C11H23N3/c1-9(2)7-13-11(12)14-8-10-5-3-4-6-10/h9-10H,3-8H2,1-2H3,(H3,12,13,14). The summed E-state index contributed by atoms with van der Waals surface area (Å²) in [4.78, 5) is 4.27. The largest absolute Gasteiger partial charge is 0.370 e. The van der Waals surface area contributed by atoms with E-state index in [0.29, 0.717) is 11.9 Å². The van der Waals surface area contributed by atoms with Gasteiger partial charge in [0.15, 0.2) is 5.96 Å². The maximum atomic E-state index is 5.74. The fourth-order valence-corrected chi connectivity index (χ4v) is 1.80. The van der Waals surface area contributed by atoms with Crippen LogP contribution in [-0.4, -0.2) is 19.0 Å². The van der Waals surface area contributed by atoms with Crippen molar-refractivity contribution in [1.82, 2.24) is 5.32 Å². The number of guanidine groups is 1. The molecule has 0 aromatic carbocycles. The van der Waals surface area contributed by atoms with Gasteiger partial charge in [-0.25, -0.2) is 0 Å². The number of nitrogens with zero attached hydrogens (tertiary/aromatic N) is 1. The molecule has 3 nitrogen and oxygen atoms in total. The lowest BCUT2D eigenvalue weighted by Crippen LogP contribution is -2.35. The van der Waals surface area contributed by atoms with Crippen LogP contribution in [0.1, 0.15) is 39.5 Å². The third-order valence-corrected chi connectivity index (χ3v) is 2.67. The lowest BCUT2D eigenvalue weighted by atomic mass is 10.1. The molecule has 1 saturated carbocycles. The SMILES string of the molecule is CC(C)CN=C(N)NCC1CCCC1. The molecule has 1 aliphatic rings. The number of hydrogen-bond acceptors (Lipinski definition) is 1. The minimum Gasteiger partial charge on any atom is -0.370 e. The number of aliphatic imine (C=N–C) groups is 1. The van der Waals surface area contributed by atoms with Crippen LogP contribution < -0.4 is 11.1 Å². The van der Waals surface area contributed by atoms with Crippen LogP contribution in [-0.2, 0) is 0 Å². The molecule has 0 bridgehead atoms. The van der Waals surface area contributed by atoms with Crippen LogP contribution in [0, 0.1) is 11.8 Å². The summed E-state index contributed by atoms with van der Waals surface area (Å²) in [6.07, 6.45) is 5.47. The van der Waals surface area contributed by atoms with Crippen LogP contribution in [0.15, 0.2) is 4.99 Å². The monoisotopic (exact) mass is 197 g/mol. The van der Waals surface area contributed by atoms with Crippen molar-refractivity contribution in [3.63, 3.8) is 0 Å². The Morgan fingerprint density at radius 3 is 2.64 bits per heavy atom. The molecule has 0 unspecified atom stereocenters. The topological polar surface area (TPSA) is 50.4 Å². The van der Waals surface area contributed by atoms with Gasteiger partial charge in [0.1, 0.15) is 0 Å². The predicted molar refractivity (Wildman–Crippen MR) is 61.3 cm³/mol. The van der Waals surface area contributed by atoms with Gasteiger partial charge in [0.2, 0.25) is 0 Å². The zero-order valence-corrected chi connectivity index (χ0v) is 9.42. The third-order valence-electron chi connectivity index (χ3n) is 2.67. The minimum atomic E-state index is 0.585. The van der Waals surface area contributed by atoms with E-state index in [9.17, 15) is 0 Å². The van der Waals surface area contributed by atoms with Crippen molar-refractivity contribution in [3.8, 4) is 0 Å². The van der Waals surface area contributed by atoms with E-state index in [1.807, 2.05) is 0 Å². The Morgan fingerprint density at radius 1 is 1.43 bits per heavy atom. The van der Waals surface area contributed by atoms with E-state index >= 15 is 0 Å². The quantitative estimate of drug-likeness (QED) is 0.533. The van der Waals surface area contributed by atoms with Gasteiger partial charge in [-0.2, -0.15) is 0 Å². The molecule has 0 aromatic heterocycles. The maximum absolute atomic E-state index is 5.74. The highest BCUT2D eigenvalue weighted by Gasteiger charge is 2.14. The van der Waals surface area contributed by atoms with Crippen LogP contribution in [0.4, 0.5) is 0 Å². The Bertz CT molecular complexity index is 181. The Balaban J connectivity index is 2.12. The van der Waals surface area contributed by atoms with Gasteiger partial charge < -0.3 is 11.1 Å². The first-order chi connectivity index (χ1) is 6.68. The second-order valence-electron chi connectivity index (χ2n) is 4.65. The van der Waals surface area contributed by atoms with Crippen LogP contribution in [0.3, 0.4) is 0 Å². The van der Waals surface area contributed by atoms with Gasteiger partial charge in [-0.3, -0.25) is 4.99 Å². The van der Waals surface area contributed by atoms with Crippen LogP contribution in [0.2, 0.25) is 0 Å². The fourth-order valence-electron chi connectivity index (χ4n) is 1.80. The van der Waals surface area contributed by atoms with Gasteiger partial charge in [0.25, 0.3) is 0 Å². The van der Waals surface area contributed by atoms with E-state index in [1.54, 1.807) is 0 Å². The molecular formula is C11H23N3. The minimum absolute atomic E-state index is 0.585. The second-order valence-corrected chi connectivity index (χ2v) is 4.65. The molecule has 1 aliphatic carbocycles. The molecule has 1 rings (SSSR count). The molecule has 0 atom stereocenters. The summed E-state index contributed by atoms with van der Waals surface area (Å²) in [5.74, 6) is 2.02. The molecule has 0 aliphatic heterocycles. The molecule has 0 radical (unpaired) electrons. The molecule has 82 valence electrons. The average molecular weight is 197 g/mol. The van der Waals surface area contributed by atoms with E-state index in [0.717, 1.165) is 19.0 Å². The highest BCUT2D eigenvalue weighted by molar-refractivity contribution is 5.77. The lowest BCUT2D eigenvalue weighted by molar-refractivity contribution is 0.533. The van der Waals surface area contributed by atoms with Crippen molar-refractivity contribution in [2.24, 2.45) is 22.6 Å². The maximum Gasteiger partial charge on any atom is 0.188 e. The van der Waals surface area contributed by atoms with Gasteiger partial charge >= 0.3 is 0 Å². The van der Waals surface area contributed by atoms with Crippen molar-refractivity contribution < 1.29 is 0 Å². The predicted octanol–water partition coefficient (Wildman–Crippen LogP) is 1.74. The summed E-state index contributed by atoms with van der Waals surface area (Å²) in [5, 5.41) is 3.21. The second kappa shape index (κ2) is 5.89. The molecule has 0 amide bonds. The molecule has 3 heteroatoms. The molecule has 0 spiro atoms. The van der Waals surface area contributed by atoms with Crippen molar-refractivity contribution in [2.45, 2.75) is 39.5 Å². The molecule has 0 saturated heterocycles. The van der Waals surface area contributed by atoms with Crippen molar-refractivity contribution >= 4 is 5.96 Å². The number of hydrogen-bond donors (Lipinski definition) is 2. The molecule has 3 N–H and O–H groups in total. The Morgan fingerprint density at radius 2 is 2.07 bits per heavy atom. The average Bonchev–Trinajstić information content (AvgIpc) is 2.63. The first-order valence-electron chi connectivity index (χ1n) is 5.72. The molecule has 0 heterocycles. The highest BCUT2D eigenvalue weighted by Crippen LogP contribution is 2.23. The summed E-state index contributed by atoms with van der Waals surface area (Å²) >= 11 is 0. The van der Waals surface area contributed by atoms with E-state index in [-0.39, 0.29) is 0 Å². The van der Waals surface area contributed by atoms with Gasteiger partial charge in [-0.1, -0.05) is 26.7 Å². The van der Waals surface area contributed by atoms with E-state index in [1.165, 1.54) is 25.7 Å². The summed E-state index contributed by atoms with van der Waals surface area (Å²) in [6.45, 7) is 6.12. The van der Waals surface area contributed by atoms with Gasteiger partial charge in [0, 0.05) is 13.1 Å². The van der Waals surface area contributed by atoms with Crippen LogP contribution in [0.25, 0.3) is 0 Å². The highest BCUT2D eigenvalue weighted by atomic mass is 15.1. The zero-order chi connectivity index (χ0) is 10.4. The van der Waals surface area contributed by atoms with Crippen molar-refractivity contribution in [3.05, 3.63) is 0 Å². The molecule has 0 aromatic rings. The van der Waals surface area contributed by atoms with Gasteiger partial charge in [-0.15, -0.1) is 0 Å². The van der Waals surface area contributed by atoms with Crippen molar-refractivity contribution in [2.75, 3.05) is 13.1 Å². The van der Waals surface area contributed by atoms with Crippen LogP contribution in [0.5, 0.6) is 0 Å². The number of nitrogens with two attached hydrogens (primary N) is 1. The first-order valence-corrected chi connectivity index (χ1v) is 5.72. The molecule has 14 heavy (non-hydrogen) atoms. The molecule has 1 fully saturated rings.